The minimum atomic E-state index is -3.89. The molecule has 1 unspecified atom stereocenters. The molecule has 3 N–H and O–H groups in total. The third-order valence-corrected chi connectivity index (χ3v) is 10.5. The van der Waals surface area contributed by atoms with Crippen LogP contribution in [0.4, 0.5) is 9.18 Å². The fourth-order valence-corrected chi connectivity index (χ4v) is 7.18. The molecule has 2 aliphatic carbocycles. The Morgan fingerprint density at radius 1 is 1.13 bits per heavy atom. The lowest BCUT2D eigenvalue weighted by Gasteiger charge is -2.26. The van der Waals surface area contributed by atoms with Gasteiger partial charge < -0.3 is 20.3 Å². The molecule has 2 saturated carbocycles. The molecule has 5 amide bonds. The number of halogens is 1. The third kappa shape index (κ3) is 6.87. The first-order valence-corrected chi connectivity index (χ1v) is 16.4. The van der Waals surface area contributed by atoms with Gasteiger partial charge in [-0.2, -0.15) is 0 Å². The lowest BCUT2D eigenvalue weighted by atomic mass is 10.1. The van der Waals surface area contributed by atoms with Gasteiger partial charge >= 0.3 is 6.09 Å². The SMILES string of the molecule is C=CC(=O)NCCCC(=O)N1C[C@H](OC(=O)N2Cc3cccc(F)c3C2)C[C@H]1C(=O)N[C@]1(C(=O)NS(=O)(=O)C2CC2)CC1C=C. The average Bonchev–Trinajstić information content (AvgIpc) is 3.89. The molecule has 2 heterocycles. The molecule has 0 bridgehead atoms. The van der Waals surface area contributed by atoms with Gasteiger partial charge in [0.2, 0.25) is 27.7 Å². The van der Waals surface area contributed by atoms with E-state index in [4.69, 9.17) is 4.74 Å². The van der Waals surface area contributed by atoms with Gasteiger partial charge in [-0.25, -0.2) is 17.6 Å². The number of rotatable bonds is 12. The number of nitrogens with zero attached hydrogens (tertiary/aromatic N) is 2. The summed E-state index contributed by atoms with van der Waals surface area (Å²) in [6.07, 6.45) is 2.10. The fraction of sp³-hybridized carbons (Fsp3) is 0.500. The molecule has 0 spiro atoms. The molecular formula is C30H36FN5O8S. The van der Waals surface area contributed by atoms with E-state index in [9.17, 15) is 36.8 Å². The summed E-state index contributed by atoms with van der Waals surface area (Å²) in [6, 6.07) is 3.45. The summed E-state index contributed by atoms with van der Waals surface area (Å²) < 4.78 is 46.9. The van der Waals surface area contributed by atoms with Crippen molar-refractivity contribution in [2.24, 2.45) is 5.92 Å². The Kier molecular flexibility index (Phi) is 9.01. The second-order valence-corrected chi connectivity index (χ2v) is 13.8. The van der Waals surface area contributed by atoms with Crippen LogP contribution in [0.1, 0.15) is 49.7 Å². The van der Waals surface area contributed by atoms with E-state index >= 15 is 0 Å². The Hall–Kier alpha value is -4.27. The lowest BCUT2D eigenvalue weighted by Crippen LogP contribution is -2.56. The predicted molar refractivity (Wildman–Crippen MR) is 158 cm³/mol. The molecule has 1 saturated heterocycles. The van der Waals surface area contributed by atoms with Crippen molar-refractivity contribution in [2.45, 2.75) is 74.5 Å². The average molecular weight is 646 g/mol. The van der Waals surface area contributed by atoms with E-state index < -0.39 is 74.4 Å². The van der Waals surface area contributed by atoms with Crippen molar-refractivity contribution in [2.75, 3.05) is 13.1 Å². The molecule has 0 aromatic heterocycles. The first-order chi connectivity index (χ1) is 21.4. The highest BCUT2D eigenvalue weighted by Crippen LogP contribution is 2.45. The molecule has 0 radical (unpaired) electrons. The first kappa shape index (κ1) is 32.1. The van der Waals surface area contributed by atoms with Crippen LogP contribution in [0.2, 0.25) is 0 Å². The molecule has 4 aliphatic rings. The van der Waals surface area contributed by atoms with Crippen molar-refractivity contribution in [3.8, 4) is 0 Å². The lowest BCUT2D eigenvalue weighted by molar-refractivity contribution is -0.139. The van der Waals surface area contributed by atoms with E-state index in [0.29, 0.717) is 24.0 Å². The molecule has 5 rings (SSSR count). The van der Waals surface area contributed by atoms with Crippen LogP contribution in [0.5, 0.6) is 0 Å². The number of carbonyl (C=O) groups excluding carboxylic acids is 5. The van der Waals surface area contributed by atoms with Gasteiger partial charge in [0, 0.05) is 37.4 Å². The first-order valence-electron chi connectivity index (χ1n) is 14.8. The monoisotopic (exact) mass is 645 g/mol. The Morgan fingerprint density at radius 2 is 1.89 bits per heavy atom. The molecule has 3 fully saturated rings. The molecule has 15 heteroatoms. The number of sulfonamides is 1. The number of hydrogen-bond donors (Lipinski definition) is 3. The van der Waals surface area contributed by atoms with E-state index in [1.54, 1.807) is 12.1 Å². The number of ether oxygens (including phenoxy) is 1. The van der Waals surface area contributed by atoms with Crippen LogP contribution >= 0.6 is 0 Å². The molecule has 242 valence electrons. The van der Waals surface area contributed by atoms with E-state index in [0.717, 1.165) is 6.08 Å². The number of carbonyl (C=O) groups is 5. The maximum absolute atomic E-state index is 14.2. The maximum atomic E-state index is 14.2. The molecular weight excluding hydrogens is 609 g/mol. The van der Waals surface area contributed by atoms with Crippen molar-refractivity contribution in [3.63, 3.8) is 0 Å². The smallest absolute Gasteiger partial charge is 0.410 e. The summed E-state index contributed by atoms with van der Waals surface area (Å²) >= 11 is 0. The molecule has 1 aromatic rings. The van der Waals surface area contributed by atoms with Crippen LogP contribution in [0, 0.1) is 11.7 Å². The molecule has 45 heavy (non-hydrogen) atoms. The van der Waals surface area contributed by atoms with Gasteiger partial charge in [-0.05, 0) is 43.4 Å². The van der Waals surface area contributed by atoms with Gasteiger partial charge in [-0.3, -0.25) is 28.8 Å². The van der Waals surface area contributed by atoms with Crippen molar-refractivity contribution in [1.29, 1.82) is 0 Å². The number of fused-ring (bicyclic) bond motifs is 1. The molecule has 4 atom stereocenters. The van der Waals surface area contributed by atoms with Gasteiger partial charge in [0.05, 0.1) is 18.3 Å². The van der Waals surface area contributed by atoms with E-state index in [1.807, 2.05) is 0 Å². The normalized spacial score (nSPS) is 25.1. The van der Waals surface area contributed by atoms with Crippen LogP contribution < -0.4 is 15.4 Å². The second kappa shape index (κ2) is 12.6. The zero-order valence-electron chi connectivity index (χ0n) is 24.6. The quantitative estimate of drug-likeness (QED) is 0.172. The Balaban J connectivity index is 1.27. The van der Waals surface area contributed by atoms with Crippen molar-refractivity contribution in [3.05, 3.63) is 60.5 Å². The van der Waals surface area contributed by atoms with Gasteiger partial charge in [-0.15, -0.1) is 6.58 Å². The predicted octanol–water partition coefficient (Wildman–Crippen LogP) is 0.999. The summed E-state index contributed by atoms with van der Waals surface area (Å²) in [6.45, 7) is 7.29. The van der Waals surface area contributed by atoms with E-state index in [1.165, 1.54) is 21.9 Å². The van der Waals surface area contributed by atoms with E-state index in [-0.39, 0.29) is 51.9 Å². The highest BCUT2D eigenvalue weighted by Gasteiger charge is 2.62. The van der Waals surface area contributed by atoms with Crippen molar-refractivity contribution >= 4 is 39.7 Å². The molecule has 1 aromatic carbocycles. The Labute approximate surface area is 260 Å². The van der Waals surface area contributed by atoms with Crippen LogP contribution in [0.25, 0.3) is 0 Å². The number of likely N-dealkylation sites (tertiary alicyclic amines) is 1. The van der Waals surface area contributed by atoms with Gasteiger partial charge in [-0.1, -0.05) is 24.8 Å². The number of benzene rings is 1. The minimum Gasteiger partial charge on any atom is -0.444 e. The fourth-order valence-electron chi connectivity index (χ4n) is 5.82. The van der Waals surface area contributed by atoms with Crippen LogP contribution in [-0.4, -0.2) is 84.0 Å². The van der Waals surface area contributed by atoms with Gasteiger partial charge in [0.1, 0.15) is 23.5 Å². The van der Waals surface area contributed by atoms with Gasteiger partial charge in [0.15, 0.2) is 0 Å². The topological polar surface area (TPSA) is 171 Å². The highest BCUT2D eigenvalue weighted by molar-refractivity contribution is 7.91. The third-order valence-electron chi connectivity index (χ3n) is 8.64. The summed E-state index contributed by atoms with van der Waals surface area (Å²) in [4.78, 5) is 67.2. The van der Waals surface area contributed by atoms with Crippen LogP contribution in [-0.2, 0) is 47.0 Å². The van der Waals surface area contributed by atoms with Crippen molar-refractivity contribution in [1.82, 2.24) is 25.2 Å². The summed E-state index contributed by atoms with van der Waals surface area (Å²) in [7, 11) is -3.89. The number of hydrogen-bond acceptors (Lipinski definition) is 8. The maximum Gasteiger partial charge on any atom is 0.410 e. The largest absolute Gasteiger partial charge is 0.444 e. The standard InChI is InChI=1S/C30H36FN5O8S/c1-3-19-14-30(19,28(40)34-45(42,43)21-10-11-21)33-27(39)24-13-20(16-36(24)26(38)9-6-12-32-25(37)4-2)44-29(41)35-15-18-7-5-8-23(31)22(18)17-35/h3-5,7-8,19-21,24H,1-2,6,9-17H2,(H,32,37)(H,33,39)(H,34,40)/t19?,20-,24+,30-/m1/s1. The van der Waals surface area contributed by atoms with Crippen LogP contribution in [0.15, 0.2) is 43.5 Å². The summed E-state index contributed by atoms with van der Waals surface area (Å²) in [5, 5.41) is 4.60. The molecule has 13 nitrogen and oxygen atoms in total. The number of nitrogens with one attached hydrogen (secondary N) is 3. The molecule has 2 aliphatic heterocycles. The zero-order valence-corrected chi connectivity index (χ0v) is 25.4. The van der Waals surface area contributed by atoms with E-state index in [2.05, 4.69) is 28.5 Å². The zero-order chi connectivity index (χ0) is 32.5. The number of amides is 5. The Morgan fingerprint density at radius 3 is 2.53 bits per heavy atom. The Bertz CT molecular complexity index is 1550. The minimum absolute atomic E-state index is 0.0148. The van der Waals surface area contributed by atoms with Gasteiger partial charge in [0.25, 0.3) is 5.91 Å². The van der Waals surface area contributed by atoms with Crippen LogP contribution in [0.3, 0.4) is 0 Å². The second-order valence-electron chi connectivity index (χ2n) is 11.8. The van der Waals surface area contributed by atoms with Crippen molar-refractivity contribution < 1.29 is 41.5 Å². The summed E-state index contributed by atoms with van der Waals surface area (Å²) in [5.41, 5.74) is -0.499. The highest BCUT2D eigenvalue weighted by atomic mass is 32.2. The summed E-state index contributed by atoms with van der Waals surface area (Å²) in [5.74, 6) is -3.37.